The Kier molecular flexibility index (Phi) is 2.50. The van der Waals surface area contributed by atoms with Crippen molar-refractivity contribution in [2.45, 2.75) is 33.2 Å². The Morgan fingerprint density at radius 3 is 2.31 bits per heavy atom. The first-order valence-electron chi connectivity index (χ1n) is 4.45. The van der Waals surface area contributed by atoms with Gasteiger partial charge in [-0.25, -0.2) is 0 Å². The van der Waals surface area contributed by atoms with Gasteiger partial charge >= 0.3 is 0 Å². The maximum absolute atomic E-state index is 11.7. The fourth-order valence-electron chi connectivity index (χ4n) is 1.14. The molecule has 0 aliphatic heterocycles. The van der Waals surface area contributed by atoms with Crippen molar-refractivity contribution in [2.24, 2.45) is 0 Å². The molecule has 0 aliphatic carbocycles. The molecule has 2 heteroatoms. The van der Waals surface area contributed by atoms with Crippen molar-refractivity contribution in [2.75, 3.05) is 0 Å². The zero-order valence-corrected chi connectivity index (χ0v) is 8.66. The van der Waals surface area contributed by atoms with Crippen LogP contribution in [0.4, 0.5) is 5.69 Å². The monoisotopic (exact) mass is 178 g/mol. The fraction of sp³-hybridized carbons (Fsp3) is 0.455. The molecule has 0 unspecified atom stereocenters. The predicted molar refractivity (Wildman–Crippen MR) is 54.2 cm³/mol. The summed E-state index contributed by atoms with van der Waals surface area (Å²) in [5.74, 6) is 0. The smallest absolute Gasteiger partial charge is 0.0588 e. The molecule has 1 rings (SSSR count). The average molecular weight is 178 g/mol. The molecule has 0 bridgehead atoms. The second kappa shape index (κ2) is 3.29. The molecule has 70 valence electrons. The molecular formula is C11H16NO+. The Morgan fingerprint density at radius 1 is 1.23 bits per heavy atom. The lowest BCUT2D eigenvalue weighted by molar-refractivity contribution is -0.540. The van der Waals surface area contributed by atoms with Gasteiger partial charge in [0.1, 0.15) is 0 Å². The Balaban J connectivity index is 3.03. The number of rotatable bonds is 1. The molecule has 0 aliphatic rings. The van der Waals surface area contributed by atoms with E-state index in [2.05, 4.69) is 0 Å². The van der Waals surface area contributed by atoms with Gasteiger partial charge in [0.2, 0.25) is 5.54 Å². The third kappa shape index (κ3) is 2.38. The van der Waals surface area contributed by atoms with Gasteiger partial charge in [-0.1, -0.05) is 12.1 Å². The van der Waals surface area contributed by atoms with Gasteiger partial charge in [-0.05, 0) is 12.5 Å². The predicted octanol–water partition coefficient (Wildman–Crippen LogP) is 3.20. The Labute approximate surface area is 79.2 Å². The number of benzene rings is 1. The molecule has 0 aromatic heterocycles. The van der Waals surface area contributed by atoms with Gasteiger partial charge < -0.3 is 0 Å². The summed E-state index contributed by atoms with van der Waals surface area (Å²) in [7, 11) is 0. The highest BCUT2D eigenvalue weighted by Gasteiger charge is 2.30. The summed E-state index contributed by atoms with van der Waals surface area (Å²) in [6.45, 7) is 7.70. The highest BCUT2D eigenvalue weighted by molar-refractivity contribution is 5.33. The van der Waals surface area contributed by atoms with Crippen molar-refractivity contribution in [1.29, 1.82) is 0 Å². The second-order valence-electron chi connectivity index (χ2n) is 4.30. The zero-order chi connectivity index (χ0) is 10.1. The summed E-state index contributed by atoms with van der Waals surface area (Å²) in [6.07, 6.45) is 0. The first-order valence-corrected chi connectivity index (χ1v) is 4.45. The largest absolute Gasteiger partial charge is 0.256 e. The van der Waals surface area contributed by atoms with E-state index in [-0.39, 0.29) is 5.54 Å². The number of hydrogen-bond acceptors (Lipinski definition) is 1. The van der Waals surface area contributed by atoms with Crippen LogP contribution in [0.3, 0.4) is 0 Å². The maximum atomic E-state index is 11.7. The van der Waals surface area contributed by atoms with Crippen LogP contribution in [-0.4, -0.2) is 10.3 Å². The van der Waals surface area contributed by atoms with E-state index >= 15 is 0 Å². The van der Waals surface area contributed by atoms with E-state index < -0.39 is 0 Å². The van der Waals surface area contributed by atoms with Crippen LogP contribution in [0.15, 0.2) is 24.3 Å². The Bertz CT molecular complexity index is 323. The van der Waals surface area contributed by atoms with E-state index in [0.717, 1.165) is 16.0 Å². The first kappa shape index (κ1) is 9.90. The molecule has 0 saturated carbocycles. The van der Waals surface area contributed by atoms with Crippen LogP contribution < -0.4 is 0 Å². The minimum atomic E-state index is -0.367. The number of aryl methyl sites for hydroxylation is 1. The van der Waals surface area contributed by atoms with Crippen LogP contribution in [0.25, 0.3) is 0 Å². The van der Waals surface area contributed by atoms with E-state index in [4.69, 9.17) is 0 Å². The van der Waals surface area contributed by atoms with Gasteiger partial charge in [-0.15, -0.1) is 0 Å². The highest BCUT2D eigenvalue weighted by atomic mass is 16.3. The van der Waals surface area contributed by atoms with Crippen LogP contribution >= 0.6 is 0 Å². The molecule has 0 heterocycles. The molecule has 0 radical (unpaired) electrons. The summed E-state index contributed by atoms with van der Waals surface area (Å²) < 4.78 is 1.04. The minimum absolute atomic E-state index is 0.367. The molecular weight excluding hydrogens is 162 g/mol. The quantitative estimate of drug-likeness (QED) is 0.604. The number of nitrogens with zero attached hydrogens (tertiary/aromatic N) is 1. The highest BCUT2D eigenvalue weighted by Crippen LogP contribution is 2.20. The van der Waals surface area contributed by atoms with E-state index in [1.54, 1.807) is 0 Å². The van der Waals surface area contributed by atoms with E-state index in [1.807, 2.05) is 52.0 Å². The lowest BCUT2D eigenvalue weighted by Gasteiger charge is -2.08. The SMILES string of the molecule is Cc1cccc([N+](=O)C(C)(C)C)c1. The van der Waals surface area contributed by atoms with Crippen LogP contribution in [0.5, 0.6) is 0 Å². The third-order valence-electron chi connectivity index (χ3n) is 1.85. The normalized spacial score (nSPS) is 11.4. The lowest BCUT2D eigenvalue weighted by Crippen LogP contribution is -2.26. The second-order valence-corrected chi connectivity index (χ2v) is 4.30. The van der Waals surface area contributed by atoms with Crippen LogP contribution in [0, 0.1) is 11.8 Å². The van der Waals surface area contributed by atoms with E-state index in [0.29, 0.717) is 0 Å². The minimum Gasteiger partial charge on any atom is -0.0588 e. The molecule has 1 aromatic carbocycles. The van der Waals surface area contributed by atoms with Crippen LogP contribution in [-0.2, 0) is 0 Å². The zero-order valence-electron chi connectivity index (χ0n) is 8.66. The molecule has 0 atom stereocenters. The van der Waals surface area contributed by atoms with Crippen molar-refractivity contribution in [3.63, 3.8) is 0 Å². The molecule has 2 nitrogen and oxygen atoms in total. The van der Waals surface area contributed by atoms with Gasteiger partial charge in [-0.3, -0.25) is 0 Å². The van der Waals surface area contributed by atoms with Gasteiger partial charge in [0.05, 0.1) is 0 Å². The fourth-order valence-corrected chi connectivity index (χ4v) is 1.14. The number of hydrogen-bond donors (Lipinski definition) is 0. The van der Waals surface area contributed by atoms with E-state index in [1.165, 1.54) is 0 Å². The summed E-state index contributed by atoms with van der Waals surface area (Å²) in [6, 6.07) is 7.63. The molecule has 0 spiro atoms. The summed E-state index contributed by atoms with van der Waals surface area (Å²) >= 11 is 0. The van der Waals surface area contributed by atoms with Crippen molar-refractivity contribution >= 4 is 5.69 Å². The average Bonchev–Trinajstić information content (AvgIpc) is 2.01. The summed E-state index contributed by atoms with van der Waals surface area (Å²) in [5.41, 5.74) is 1.48. The molecule has 0 amide bonds. The molecule has 0 saturated heterocycles. The molecule has 1 aromatic rings. The summed E-state index contributed by atoms with van der Waals surface area (Å²) in [5, 5.41) is 0. The van der Waals surface area contributed by atoms with Gasteiger partial charge in [0, 0.05) is 42.6 Å². The molecule has 13 heavy (non-hydrogen) atoms. The van der Waals surface area contributed by atoms with Gasteiger partial charge in [0.25, 0.3) is 5.69 Å². The standard InChI is InChI=1S/C11H16NO/c1-9-6-5-7-10(8-9)12(13)11(2,3)4/h5-8H,1-4H3/q+1. The maximum Gasteiger partial charge on any atom is 0.256 e. The van der Waals surface area contributed by atoms with Crippen LogP contribution in [0.2, 0.25) is 0 Å². The molecule has 0 fully saturated rings. The van der Waals surface area contributed by atoms with Gasteiger partial charge in [0.15, 0.2) is 0 Å². The van der Waals surface area contributed by atoms with Gasteiger partial charge in [-0.2, -0.15) is 0 Å². The van der Waals surface area contributed by atoms with Crippen LogP contribution in [0.1, 0.15) is 26.3 Å². The Hall–Kier alpha value is -1.18. The number of nitroso groups, excluding NO2 is 1. The third-order valence-corrected chi connectivity index (χ3v) is 1.85. The van der Waals surface area contributed by atoms with Crippen molar-refractivity contribution < 1.29 is 4.76 Å². The van der Waals surface area contributed by atoms with Crippen molar-refractivity contribution in [3.05, 3.63) is 34.7 Å². The molecule has 0 N–H and O–H groups in total. The van der Waals surface area contributed by atoms with Crippen molar-refractivity contribution in [3.8, 4) is 0 Å². The first-order chi connectivity index (χ1) is 5.91. The van der Waals surface area contributed by atoms with Crippen molar-refractivity contribution in [1.82, 2.24) is 0 Å². The lowest BCUT2D eigenvalue weighted by atomic mass is 10.1. The summed E-state index contributed by atoms with van der Waals surface area (Å²) in [4.78, 5) is 11.7. The topological polar surface area (TPSA) is 20.1 Å². The van der Waals surface area contributed by atoms with E-state index in [9.17, 15) is 4.91 Å². The Morgan fingerprint density at radius 2 is 1.85 bits per heavy atom.